The molecule has 1 aromatic rings. The van der Waals surface area contributed by atoms with Gasteiger partial charge in [0.25, 0.3) is 5.91 Å². The van der Waals surface area contributed by atoms with Gasteiger partial charge in [0.2, 0.25) is 0 Å². The highest BCUT2D eigenvalue weighted by Gasteiger charge is 2.41. The Hall–Kier alpha value is -2.06. The van der Waals surface area contributed by atoms with Gasteiger partial charge in [-0.1, -0.05) is 43.9 Å². The van der Waals surface area contributed by atoms with Gasteiger partial charge in [-0.05, 0) is 43.5 Å². The number of carbonyl (C=O) groups excluding carboxylic acids is 1. The number of rotatable bonds is 7. The van der Waals surface area contributed by atoms with Gasteiger partial charge in [-0.3, -0.25) is 9.69 Å². The first-order valence-corrected chi connectivity index (χ1v) is 9.72. The molecular weight excluding hydrogens is 386 g/mol. The van der Waals surface area contributed by atoms with Crippen LogP contribution in [0.5, 0.6) is 11.5 Å². The van der Waals surface area contributed by atoms with E-state index in [0.717, 1.165) is 17.3 Å². The minimum absolute atomic E-state index is 0.00462. The van der Waals surface area contributed by atoms with Crippen molar-refractivity contribution in [2.45, 2.75) is 39.8 Å². The fraction of sp³-hybridized carbons (Fsp3) is 0.421. The Balaban J connectivity index is 2.33. The highest BCUT2D eigenvalue weighted by Crippen LogP contribution is 2.37. The fourth-order valence-electron chi connectivity index (χ4n) is 2.69. The van der Waals surface area contributed by atoms with Crippen molar-refractivity contribution in [3.63, 3.8) is 0 Å². The molecule has 0 spiro atoms. The zero-order valence-corrected chi connectivity index (χ0v) is 17.5. The number of thiocarbonyl (C=S) groups is 1. The maximum Gasteiger partial charge on any atom is 0.327 e. The molecule has 0 unspecified atom stereocenters. The van der Waals surface area contributed by atoms with Crippen molar-refractivity contribution < 1.29 is 24.2 Å². The first kappa shape index (κ1) is 21.2. The molecule has 1 N–H and O–H groups in total. The molecule has 0 bridgehead atoms. The van der Waals surface area contributed by atoms with E-state index in [1.807, 2.05) is 19.9 Å². The van der Waals surface area contributed by atoms with Crippen LogP contribution in [0, 0.1) is 5.92 Å². The summed E-state index contributed by atoms with van der Waals surface area (Å²) in [5.74, 6) is -0.564. The lowest BCUT2D eigenvalue weighted by Gasteiger charge is -2.26. The molecule has 0 aliphatic carbocycles. The van der Waals surface area contributed by atoms with Gasteiger partial charge in [0.05, 0.1) is 18.1 Å². The summed E-state index contributed by atoms with van der Waals surface area (Å²) in [5.41, 5.74) is 0.736. The van der Waals surface area contributed by atoms with Crippen molar-refractivity contribution in [1.82, 2.24) is 4.90 Å². The molecule has 146 valence electrons. The van der Waals surface area contributed by atoms with Crippen LogP contribution >= 0.6 is 24.0 Å². The molecular formula is C19H23NO5S2. The molecule has 2 rings (SSSR count). The van der Waals surface area contributed by atoms with E-state index in [-0.39, 0.29) is 16.3 Å². The fourth-order valence-corrected chi connectivity index (χ4v) is 4.02. The normalized spacial score (nSPS) is 17.1. The van der Waals surface area contributed by atoms with Crippen molar-refractivity contribution in [3.8, 4) is 11.5 Å². The standard InChI is InChI=1S/C19H23NO5S2/c1-10(2)16(18(22)23)20-17(21)15(27-19(20)26)9-12-6-7-13(25-11(3)4)14(8-12)24-5/h6-11,16H,1-5H3,(H,22,23)/b15-9+/t16-/m1/s1. The van der Waals surface area contributed by atoms with Crippen molar-refractivity contribution in [1.29, 1.82) is 0 Å². The zero-order valence-electron chi connectivity index (χ0n) is 15.9. The van der Waals surface area contributed by atoms with Crippen LogP contribution < -0.4 is 9.47 Å². The van der Waals surface area contributed by atoms with E-state index in [0.29, 0.717) is 16.4 Å². The van der Waals surface area contributed by atoms with Crippen molar-refractivity contribution in [2.24, 2.45) is 5.92 Å². The number of carboxylic acid groups (broad SMARTS) is 1. The average Bonchev–Trinajstić information content (AvgIpc) is 2.83. The number of hydrogen-bond donors (Lipinski definition) is 1. The number of carboxylic acids is 1. The van der Waals surface area contributed by atoms with Gasteiger partial charge < -0.3 is 14.6 Å². The molecule has 1 heterocycles. The first-order chi connectivity index (χ1) is 12.6. The third-order valence-electron chi connectivity index (χ3n) is 3.83. The highest BCUT2D eigenvalue weighted by molar-refractivity contribution is 8.26. The summed E-state index contributed by atoms with van der Waals surface area (Å²) in [5, 5.41) is 9.47. The summed E-state index contributed by atoms with van der Waals surface area (Å²) >= 11 is 6.36. The molecule has 1 saturated heterocycles. The summed E-state index contributed by atoms with van der Waals surface area (Å²) in [4.78, 5) is 25.9. The maximum absolute atomic E-state index is 12.8. The Labute approximate surface area is 168 Å². The van der Waals surface area contributed by atoms with Crippen LogP contribution in [0.2, 0.25) is 0 Å². The summed E-state index contributed by atoms with van der Waals surface area (Å²) in [6, 6.07) is 4.37. The predicted molar refractivity (Wildman–Crippen MR) is 110 cm³/mol. The lowest BCUT2D eigenvalue weighted by molar-refractivity contribution is -0.146. The second kappa shape index (κ2) is 8.75. The van der Waals surface area contributed by atoms with Crippen LogP contribution in [0.25, 0.3) is 6.08 Å². The topological polar surface area (TPSA) is 76.1 Å². The average molecular weight is 410 g/mol. The lowest BCUT2D eigenvalue weighted by atomic mass is 10.0. The zero-order chi connectivity index (χ0) is 20.3. The van der Waals surface area contributed by atoms with Gasteiger partial charge in [-0.15, -0.1) is 0 Å². The molecule has 0 radical (unpaired) electrons. The number of benzene rings is 1. The van der Waals surface area contributed by atoms with Crippen LogP contribution in [-0.4, -0.2) is 45.5 Å². The van der Waals surface area contributed by atoms with Gasteiger partial charge in [-0.25, -0.2) is 4.79 Å². The summed E-state index contributed by atoms with van der Waals surface area (Å²) < 4.78 is 11.3. The van der Waals surface area contributed by atoms with Crippen molar-refractivity contribution in [3.05, 3.63) is 28.7 Å². The smallest absolute Gasteiger partial charge is 0.327 e. The Morgan fingerprint density at radius 2 is 1.93 bits per heavy atom. The molecule has 1 fully saturated rings. The van der Waals surface area contributed by atoms with Crippen molar-refractivity contribution >= 4 is 46.3 Å². The highest BCUT2D eigenvalue weighted by atomic mass is 32.2. The molecule has 1 atom stereocenters. The quantitative estimate of drug-likeness (QED) is 0.542. The molecule has 1 aliphatic rings. The van der Waals surface area contributed by atoms with E-state index < -0.39 is 17.9 Å². The van der Waals surface area contributed by atoms with Gasteiger partial charge in [0.1, 0.15) is 10.4 Å². The Morgan fingerprint density at radius 1 is 1.26 bits per heavy atom. The number of amides is 1. The van der Waals surface area contributed by atoms with Gasteiger partial charge in [-0.2, -0.15) is 0 Å². The van der Waals surface area contributed by atoms with E-state index in [1.165, 1.54) is 4.90 Å². The molecule has 1 aromatic carbocycles. The van der Waals surface area contributed by atoms with Gasteiger partial charge in [0.15, 0.2) is 11.5 Å². The Morgan fingerprint density at radius 3 is 2.44 bits per heavy atom. The molecule has 0 saturated carbocycles. The first-order valence-electron chi connectivity index (χ1n) is 8.50. The molecule has 8 heteroatoms. The Kier molecular flexibility index (Phi) is 6.89. The van der Waals surface area contributed by atoms with E-state index in [1.54, 1.807) is 39.2 Å². The largest absolute Gasteiger partial charge is 0.493 e. The lowest BCUT2D eigenvalue weighted by Crippen LogP contribution is -2.47. The number of carbonyl (C=O) groups is 2. The third kappa shape index (κ3) is 4.81. The van der Waals surface area contributed by atoms with Gasteiger partial charge >= 0.3 is 5.97 Å². The SMILES string of the molecule is COc1cc(/C=C2/SC(=S)N([C@@H](C(=O)O)C(C)C)C2=O)ccc1OC(C)C. The molecule has 1 aliphatic heterocycles. The predicted octanol–water partition coefficient (Wildman–Crippen LogP) is 3.79. The van der Waals surface area contributed by atoms with Gasteiger partial charge in [0, 0.05) is 0 Å². The number of hydrogen-bond acceptors (Lipinski definition) is 6. The summed E-state index contributed by atoms with van der Waals surface area (Å²) in [7, 11) is 1.55. The minimum Gasteiger partial charge on any atom is -0.493 e. The molecule has 27 heavy (non-hydrogen) atoms. The van der Waals surface area contributed by atoms with Crippen molar-refractivity contribution in [2.75, 3.05) is 7.11 Å². The number of ether oxygens (including phenoxy) is 2. The van der Waals surface area contributed by atoms with Crippen LogP contribution in [0.3, 0.4) is 0 Å². The molecule has 6 nitrogen and oxygen atoms in total. The third-order valence-corrected chi connectivity index (χ3v) is 5.16. The van der Waals surface area contributed by atoms with Crippen LogP contribution in [-0.2, 0) is 9.59 Å². The monoisotopic (exact) mass is 409 g/mol. The van der Waals surface area contributed by atoms with Crippen LogP contribution in [0.1, 0.15) is 33.3 Å². The van der Waals surface area contributed by atoms with E-state index in [4.69, 9.17) is 21.7 Å². The van der Waals surface area contributed by atoms with E-state index >= 15 is 0 Å². The molecule has 0 aromatic heterocycles. The van der Waals surface area contributed by atoms with Crippen LogP contribution in [0.15, 0.2) is 23.1 Å². The number of nitrogens with zero attached hydrogens (tertiary/aromatic N) is 1. The summed E-state index contributed by atoms with van der Waals surface area (Å²) in [6.07, 6.45) is 1.69. The second-order valence-electron chi connectivity index (χ2n) is 6.66. The summed E-state index contributed by atoms with van der Waals surface area (Å²) in [6.45, 7) is 7.34. The van der Waals surface area contributed by atoms with E-state index in [2.05, 4.69) is 0 Å². The Bertz CT molecular complexity index is 788. The molecule has 1 amide bonds. The van der Waals surface area contributed by atoms with Crippen LogP contribution in [0.4, 0.5) is 0 Å². The second-order valence-corrected chi connectivity index (χ2v) is 8.33. The maximum atomic E-state index is 12.8. The van der Waals surface area contributed by atoms with E-state index in [9.17, 15) is 14.7 Å². The minimum atomic E-state index is -1.07. The number of aliphatic carboxylic acids is 1. The number of methoxy groups -OCH3 is 1. The number of thioether (sulfide) groups is 1.